The molecule has 27 heavy (non-hydrogen) atoms. The summed E-state index contributed by atoms with van der Waals surface area (Å²) in [5.74, 6) is 1.67. The molecular weight excluding hydrogens is 338 g/mol. The van der Waals surface area contributed by atoms with E-state index < -0.39 is 0 Å². The second-order valence-corrected chi connectivity index (χ2v) is 8.20. The highest BCUT2D eigenvalue weighted by Gasteiger charge is 2.27. The van der Waals surface area contributed by atoms with Crippen molar-refractivity contribution in [2.75, 3.05) is 31.1 Å². The van der Waals surface area contributed by atoms with E-state index in [0.717, 1.165) is 67.9 Å². The largest absolute Gasteiger partial charge is 0.356 e. The Kier molecular flexibility index (Phi) is 4.98. The van der Waals surface area contributed by atoms with Gasteiger partial charge in [-0.15, -0.1) is 0 Å². The van der Waals surface area contributed by atoms with Gasteiger partial charge in [0.1, 0.15) is 5.82 Å². The van der Waals surface area contributed by atoms with Gasteiger partial charge in [0.15, 0.2) is 5.65 Å². The molecule has 6 nitrogen and oxygen atoms in total. The van der Waals surface area contributed by atoms with Crippen LogP contribution in [-0.2, 0) is 0 Å². The molecule has 2 saturated heterocycles. The maximum atomic E-state index is 13.1. The van der Waals surface area contributed by atoms with Crippen LogP contribution in [0.1, 0.15) is 60.9 Å². The molecule has 2 aromatic rings. The summed E-state index contributed by atoms with van der Waals surface area (Å²) >= 11 is 0. The van der Waals surface area contributed by atoms with Gasteiger partial charge in [0.05, 0.1) is 5.39 Å². The normalized spacial score (nSPS) is 20.9. The molecule has 6 heteroatoms. The molecule has 0 aliphatic carbocycles. The lowest BCUT2D eigenvalue weighted by Crippen LogP contribution is -2.40. The number of pyridine rings is 1. The number of anilines is 1. The van der Waals surface area contributed by atoms with Crippen LogP contribution in [0.4, 0.5) is 5.82 Å². The molecule has 0 saturated carbocycles. The van der Waals surface area contributed by atoms with Crippen molar-refractivity contribution in [2.45, 2.75) is 52.9 Å². The average Bonchev–Trinajstić information content (AvgIpc) is 2.67. The van der Waals surface area contributed by atoms with Crippen molar-refractivity contribution in [3.05, 3.63) is 23.1 Å². The molecule has 2 fully saturated rings. The summed E-state index contributed by atoms with van der Waals surface area (Å²) in [4.78, 5) is 31.4. The van der Waals surface area contributed by atoms with Crippen LogP contribution in [0.15, 0.2) is 6.07 Å². The monoisotopic (exact) mass is 367 g/mol. The lowest BCUT2D eigenvalue weighted by atomic mass is 10.0. The van der Waals surface area contributed by atoms with Gasteiger partial charge in [-0.3, -0.25) is 4.79 Å². The molecule has 0 aromatic carbocycles. The standard InChI is InChI=1S/C21H29N5O/c1-14-8-7-11-26(13-14)21(27)19-23-18-17(15(2)12-16(3)22-18)20(24-19)25-9-5-4-6-10-25/h12,14H,4-11,13H2,1-3H3. The van der Waals surface area contributed by atoms with Gasteiger partial charge >= 0.3 is 0 Å². The Hall–Kier alpha value is -2.24. The first-order valence-corrected chi connectivity index (χ1v) is 10.2. The van der Waals surface area contributed by atoms with E-state index in [1.54, 1.807) is 0 Å². The van der Waals surface area contributed by atoms with E-state index in [-0.39, 0.29) is 5.91 Å². The Morgan fingerprint density at radius 3 is 2.56 bits per heavy atom. The Morgan fingerprint density at radius 2 is 1.81 bits per heavy atom. The third-order valence-electron chi connectivity index (χ3n) is 5.76. The first-order valence-electron chi connectivity index (χ1n) is 10.2. The summed E-state index contributed by atoms with van der Waals surface area (Å²) in [6.45, 7) is 9.81. The van der Waals surface area contributed by atoms with Gasteiger partial charge in [0.25, 0.3) is 5.91 Å². The first kappa shape index (κ1) is 18.1. The van der Waals surface area contributed by atoms with Gasteiger partial charge in [-0.2, -0.15) is 0 Å². The smallest absolute Gasteiger partial charge is 0.291 e. The zero-order valence-corrected chi connectivity index (χ0v) is 16.7. The number of aryl methyl sites for hydroxylation is 2. The van der Waals surface area contributed by atoms with Crippen molar-refractivity contribution in [1.82, 2.24) is 19.9 Å². The fourth-order valence-corrected chi connectivity index (χ4v) is 4.40. The Balaban J connectivity index is 1.80. The molecule has 0 radical (unpaired) electrons. The highest BCUT2D eigenvalue weighted by atomic mass is 16.2. The number of carbonyl (C=O) groups is 1. The Morgan fingerprint density at radius 1 is 1.04 bits per heavy atom. The summed E-state index contributed by atoms with van der Waals surface area (Å²) < 4.78 is 0. The molecule has 0 N–H and O–H groups in total. The average molecular weight is 367 g/mol. The number of piperidine rings is 2. The molecule has 144 valence electrons. The van der Waals surface area contributed by atoms with Crippen LogP contribution in [-0.4, -0.2) is 51.9 Å². The number of nitrogens with zero attached hydrogens (tertiary/aromatic N) is 5. The van der Waals surface area contributed by atoms with Crippen LogP contribution in [0.3, 0.4) is 0 Å². The summed E-state index contributed by atoms with van der Waals surface area (Å²) in [5.41, 5.74) is 2.70. The van der Waals surface area contributed by atoms with Gasteiger partial charge in [0.2, 0.25) is 5.82 Å². The van der Waals surface area contributed by atoms with Crippen LogP contribution in [0.2, 0.25) is 0 Å². The van der Waals surface area contributed by atoms with Crippen LogP contribution < -0.4 is 4.90 Å². The minimum Gasteiger partial charge on any atom is -0.356 e. The third-order valence-corrected chi connectivity index (χ3v) is 5.76. The minimum absolute atomic E-state index is 0.0531. The van der Waals surface area contributed by atoms with E-state index >= 15 is 0 Å². The molecule has 0 bridgehead atoms. The molecule has 2 aliphatic heterocycles. The molecule has 4 rings (SSSR count). The molecule has 1 atom stereocenters. The van der Waals surface area contributed by atoms with Crippen molar-refractivity contribution < 1.29 is 4.79 Å². The zero-order chi connectivity index (χ0) is 19.0. The number of hydrogen-bond acceptors (Lipinski definition) is 5. The van der Waals surface area contributed by atoms with Gasteiger partial charge in [-0.25, -0.2) is 15.0 Å². The second kappa shape index (κ2) is 7.41. The van der Waals surface area contributed by atoms with Crippen LogP contribution >= 0.6 is 0 Å². The molecule has 1 unspecified atom stereocenters. The predicted octanol–water partition coefficient (Wildman–Crippen LogP) is 3.50. The van der Waals surface area contributed by atoms with Crippen LogP contribution in [0, 0.1) is 19.8 Å². The molecule has 2 aliphatic rings. The number of rotatable bonds is 2. The van der Waals surface area contributed by atoms with Crippen molar-refractivity contribution in [3.8, 4) is 0 Å². The van der Waals surface area contributed by atoms with E-state index in [1.165, 1.54) is 12.8 Å². The maximum absolute atomic E-state index is 13.1. The fraction of sp³-hybridized carbons (Fsp3) is 0.619. The minimum atomic E-state index is -0.0531. The predicted molar refractivity (Wildman–Crippen MR) is 107 cm³/mol. The van der Waals surface area contributed by atoms with Crippen molar-refractivity contribution >= 4 is 22.8 Å². The summed E-state index contributed by atoms with van der Waals surface area (Å²) in [5, 5.41) is 0.992. The van der Waals surface area contributed by atoms with E-state index in [1.807, 2.05) is 11.8 Å². The molecule has 4 heterocycles. The van der Waals surface area contributed by atoms with Gasteiger partial charge in [0, 0.05) is 31.9 Å². The van der Waals surface area contributed by atoms with Crippen molar-refractivity contribution in [3.63, 3.8) is 0 Å². The first-order chi connectivity index (χ1) is 13.0. The van der Waals surface area contributed by atoms with E-state index in [2.05, 4.69) is 34.8 Å². The number of fused-ring (bicyclic) bond motifs is 1. The van der Waals surface area contributed by atoms with Crippen molar-refractivity contribution in [1.29, 1.82) is 0 Å². The zero-order valence-electron chi connectivity index (χ0n) is 16.7. The number of likely N-dealkylation sites (tertiary alicyclic amines) is 1. The van der Waals surface area contributed by atoms with Gasteiger partial charge < -0.3 is 9.80 Å². The SMILES string of the molecule is Cc1cc(C)c2c(N3CCCCC3)nc(C(=O)N3CCCC(C)C3)nc2n1. The summed E-state index contributed by atoms with van der Waals surface area (Å²) in [7, 11) is 0. The molecule has 2 aromatic heterocycles. The van der Waals surface area contributed by atoms with Gasteiger partial charge in [-0.1, -0.05) is 6.92 Å². The van der Waals surface area contributed by atoms with Crippen molar-refractivity contribution in [2.24, 2.45) is 5.92 Å². The Labute approximate surface area is 161 Å². The number of amides is 1. The second-order valence-electron chi connectivity index (χ2n) is 8.20. The number of hydrogen-bond donors (Lipinski definition) is 0. The lowest BCUT2D eigenvalue weighted by Gasteiger charge is -2.31. The molecule has 0 spiro atoms. The molecule has 1 amide bonds. The highest BCUT2D eigenvalue weighted by molar-refractivity contribution is 5.97. The molecular formula is C21H29N5O. The van der Waals surface area contributed by atoms with Crippen LogP contribution in [0.25, 0.3) is 11.0 Å². The summed E-state index contributed by atoms with van der Waals surface area (Å²) in [6.07, 6.45) is 5.82. The maximum Gasteiger partial charge on any atom is 0.291 e. The van der Waals surface area contributed by atoms with E-state index in [4.69, 9.17) is 4.98 Å². The number of aromatic nitrogens is 3. The summed E-state index contributed by atoms with van der Waals surface area (Å²) in [6, 6.07) is 2.08. The third kappa shape index (κ3) is 3.62. The van der Waals surface area contributed by atoms with E-state index in [0.29, 0.717) is 17.4 Å². The quantitative estimate of drug-likeness (QED) is 0.813. The Bertz CT molecular complexity index is 859. The fourth-order valence-electron chi connectivity index (χ4n) is 4.40. The van der Waals surface area contributed by atoms with Gasteiger partial charge in [-0.05, 0) is 63.5 Å². The topological polar surface area (TPSA) is 62.2 Å². The lowest BCUT2D eigenvalue weighted by molar-refractivity contribution is 0.0671. The number of carbonyl (C=O) groups excluding carboxylic acids is 1. The van der Waals surface area contributed by atoms with E-state index in [9.17, 15) is 4.79 Å². The highest BCUT2D eigenvalue weighted by Crippen LogP contribution is 2.29. The van der Waals surface area contributed by atoms with Crippen LogP contribution in [0.5, 0.6) is 0 Å².